The van der Waals surface area contributed by atoms with Crippen LogP contribution in [0.5, 0.6) is 0 Å². The summed E-state index contributed by atoms with van der Waals surface area (Å²) in [7, 11) is 0. The van der Waals surface area contributed by atoms with E-state index in [9.17, 15) is 4.79 Å². The maximum Gasteiger partial charge on any atom is 0.178 e. The van der Waals surface area contributed by atoms with E-state index in [0.29, 0.717) is 5.33 Å². The number of carbonyl (C=O) groups excluding carboxylic acids is 1. The topological polar surface area (TPSA) is 49.7 Å². The van der Waals surface area contributed by atoms with Crippen LogP contribution in [0.2, 0.25) is 0 Å². The number of alkyl halides is 1. The molecule has 0 rings (SSSR count). The number of hydrogen-bond donors (Lipinski definition) is 1. The predicted octanol–water partition coefficient (Wildman–Crippen LogP) is 0.800. The molecule has 0 bridgehead atoms. The Bertz CT molecular complexity index is 121. The molecular formula is C4H6BrNO2. The third-order valence-electron chi connectivity index (χ3n) is 0.654. The van der Waals surface area contributed by atoms with Gasteiger partial charge >= 0.3 is 0 Å². The molecule has 0 amide bonds. The molecule has 0 aromatic heterocycles. The monoisotopic (exact) mass is 179 g/mol. The van der Waals surface area contributed by atoms with Crippen molar-refractivity contribution in [1.82, 2.24) is 0 Å². The van der Waals surface area contributed by atoms with Crippen molar-refractivity contribution in [1.29, 1.82) is 0 Å². The molecule has 0 heterocycles. The molecule has 0 atom stereocenters. The van der Waals surface area contributed by atoms with Crippen LogP contribution in [-0.2, 0) is 4.79 Å². The predicted molar refractivity (Wildman–Crippen MR) is 33.7 cm³/mol. The van der Waals surface area contributed by atoms with E-state index in [-0.39, 0.29) is 11.5 Å². The van der Waals surface area contributed by atoms with E-state index in [1.54, 1.807) is 0 Å². The summed E-state index contributed by atoms with van der Waals surface area (Å²) >= 11 is 2.96. The number of hydrogen-bond acceptors (Lipinski definition) is 3. The van der Waals surface area contributed by atoms with E-state index in [1.165, 1.54) is 6.92 Å². The molecule has 0 spiro atoms. The molecule has 0 saturated carbocycles. The van der Waals surface area contributed by atoms with Gasteiger partial charge in [-0.25, -0.2) is 0 Å². The van der Waals surface area contributed by atoms with Gasteiger partial charge in [-0.1, -0.05) is 21.1 Å². The van der Waals surface area contributed by atoms with Gasteiger partial charge in [0.15, 0.2) is 5.78 Å². The van der Waals surface area contributed by atoms with Crippen molar-refractivity contribution in [2.45, 2.75) is 6.92 Å². The lowest BCUT2D eigenvalue weighted by molar-refractivity contribution is -0.111. The summed E-state index contributed by atoms with van der Waals surface area (Å²) in [6.45, 7) is 1.34. The normalized spacial score (nSPS) is 11.5. The molecule has 0 aliphatic rings. The van der Waals surface area contributed by atoms with Crippen LogP contribution >= 0.6 is 15.9 Å². The second kappa shape index (κ2) is 3.60. The van der Waals surface area contributed by atoms with Gasteiger partial charge in [-0.2, -0.15) is 0 Å². The average molecular weight is 180 g/mol. The van der Waals surface area contributed by atoms with Crippen molar-refractivity contribution in [3.8, 4) is 0 Å². The highest BCUT2D eigenvalue weighted by Gasteiger charge is 2.01. The number of ketones is 1. The van der Waals surface area contributed by atoms with Crippen LogP contribution in [0.25, 0.3) is 0 Å². The molecule has 3 nitrogen and oxygen atoms in total. The first-order chi connectivity index (χ1) is 3.72. The number of carbonyl (C=O) groups is 1. The number of oxime groups is 1. The third kappa shape index (κ3) is 2.07. The number of nitrogens with zero attached hydrogens (tertiary/aromatic N) is 1. The second-order valence-corrected chi connectivity index (χ2v) is 1.80. The molecule has 0 saturated heterocycles. The van der Waals surface area contributed by atoms with Gasteiger partial charge in [-0.15, -0.1) is 0 Å². The van der Waals surface area contributed by atoms with Crippen molar-refractivity contribution >= 4 is 27.4 Å². The summed E-state index contributed by atoms with van der Waals surface area (Å²) in [6.07, 6.45) is 0. The van der Waals surface area contributed by atoms with Crippen LogP contribution < -0.4 is 0 Å². The smallest absolute Gasteiger partial charge is 0.178 e. The Morgan fingerprint density at radius 2 is 2.38 bits per heavy atom. The van der Waals surface area contributed by atoms with Crippen LogP contribution in [0.15, 0.2) is 5.16 Å². The first-order valence-electron chi connectivity index (χ1n) is 2.00. The molecule has 0 unspecified atom stereocenters. The number of Topliss-reactive ketones (excluding diaryl/α,β-unsaturated/α-hetero) is 1. The number of halogens is 1. The Morgan fingerprint density at radius 3 is 2.38 bits per heavy atom. The quantitative estimate of drug-likeness (QED) is 0.295. The van der Waals surface area contributed by atoms with Gasteiger partial charge in [0.2, 0.25) is 0 Å². The molecule has 8 heavy (non-hydrogen) atoms. The van der Waals surface area contributed by atoms with Crippen LogP contribution in [0, 0.1) is 0 Å². The first-order valence-corrected chi connectivity index (χ1v) is 3.12. The Kier molecular flexibility index (Phi) is 3.43. The van der Waals surface area contributed by atoms with Crippen molar-refractivity contribution in [3.63, 3.8) is 0 Å². The zero-order valence-corrected chi connectivity index (χ0v) is 5.97. The van der Waals surface area contributed by atoms with E-state index in [2.05, 4.69) is 21.1 Å². The van der Waals surface area contributed by atoms with Gasteiger partial charge in [-0.05, 0) is 0 Å². The van der Waals surface area contributed by atoms with Gasteiger partial charge in [-0.3, -0.25) is 4.79 Å². The minimum absolute atomic E-state index is 0.144. The summed E-state index contributed by atoms with van der Waals surface area (Å²) < 4.78 is 0. The molecule has 46 valence electrons. The van der Waals surface area contributed by atoms with Gasteiger partial charge in [0.25, 0.3) is 0 Å². The highest BCUT2D eigenvalue weighted by atomic mass is 79.9. The van der Waals surface area contributed by atoms with Crippen LogP contribution in [0.3, 0.4) is 0 Å². The Balaban J connectivity index is 3.92. The fourth-order valence-electron chi connectivity index (χ4n) is 0.191. The van der Waals surface area contributed by atoms with Crippen molar-refractivity contribution in [2.75, 3.05) is 5.33 Å². The fourth-order valence-corrected chi connectivity index (χ4v) is 0.698. The van der Waals surface area contributed by atoms with Gasteiger partial charge in [0, 0.05) is 6.92 Å². The van der Waals surface area contributed by atoms with Gasteiger partial charge < -0.3 is 5.21 Å². The zero-order valence-electron chi connectivity index (χ0n) is 4.39. The van der Waals surface area contributed by atoms with Crippen LogP contribution in [-0.4, -0.2) is 22.0 Å². The van der Waals surface area contributed by atoms with Gasteiger partial charge in [0.1, 0.15) is 5.71 Å². The summed E-state index contributed by atoms with van der Waals surface area (Å²) in [4.78, 5) is 10.3. The summed E-state index contributed by atoms with van der Waals surface area (Å²) in [6, 6.07) is 0. The molecule has 0 aromatic rings. The highest BCUT2D eigenvalue weighted by molar-refractivity contribution is 9.09. The lowest BCUT2D eigenvalue weighted by atomic mass is 10.3. The average Bonchev–Trinajstić information content (AvgIpc) is 1.69. The largest absolute Gasteiger partial charge is 0.411 e. The standard InChI is InChI=1S/C4H6BrNO2/c1-3(7)4(2-5)6-8/h8H,2H2,1H3/b6-4-. The maximum atomic E-state index is 10.3. The molecule has 0 aromatic carbocycles. The molecule has 0 aliphatic heterocycles. The summed E-state index contributed by atoms with van der Waals surface area (Å²) in [5, 5.41) is 11.1. The zero-order chi connectivity index (χ0) is 6.57. The Hall–Kier alpha value is -0.380. The second-order valence-electron chi connectivity index (χ2n) is 1.24. The van der Waals surface area contributed by atoms with Gasteiger partial charge in [0.05, 0.1) is 5.33 Å². The molecule has 1 N–H and O–H groups in total. The number of rotatable bonds is 2. The SMILES string of the molecule is CC(=O)/C(CBr)=N\O. The summed E-state index contributed by atoms with van der Waals surface area (Å²) in [5.74, 6) is -0.218. The summed E-state index contributed by atoms with van der Waals surface area (Å²) in [5.41, 5.74) is 0.144. The Labute approximate surface area is 55.5 Å². The van der Waals surface area contributed by atoms with Crippen LogP contribution in [0.1, 0.15) is 6.92 Å². The van der Waals surface area contributed by atoms with Crippen LogP contribution in [0.4, 0.5) is 0 Å². The lowest BCUT2D eigenvalue weighted by Crippen LogP contribution is -2.10. The lowest BCUT2D eigenvalue weighted by Gasteiger charge is -1.88. The van der Waals surface area contributed by atoms with Crippen molar-refractivity contribution in [3.05, 3.63) is 0 Å². The van der Waals surface area contributed by atoms with E-state index in [1.807, 2.05) is 0 Å². The molecule has 0 fully saturated rings. The third-order valence-corrected chi connectivity index (χ3v) is 1.18. The van der Waals surface area contributed by atoms with Crippen molar-refractivity contribution < 1.29 is 10.0 Å². The first kappa shape index (κ1) is 7.62. The molecule has 4 heteroatoms. The maximum absolute atomic E-state index is 10.3. The molecule has 0 aliphatic carbocycles. The van der Waals surface area contributed by atoms with E-state index in [4.69, 9.17) is 5.21 Å². The highest BCUT2D eigenvalue weighted by Crippen LogP contribution is 1.86. The fraction of sp³-hybridized carbons (Fsp3) is 0.500. The van der Waals surface area contributed by atoms with E-state index < -0.39 is 0 Å². The molecular weight excluding hydrogens is 174 g/mol. The van der Waals surface area contributed by atoms with E-state index in [0.717, 1.165) is 0 Å². The minimum atomic E-state index is -0.218. The van der Waals surface area contributed by atoms with Crippen molar-refractivity contribution in [2.24, 2.45) is 5.16 Å². The van der Waals surface area contributed by atoms with E-state index >= 15 is 0 Å². The molecule has 0 radical (unpaired) electrons. The Morgan fingerprint density at radius 1 is 1.88 bits per heavy atom. The minimum Gasteiger partial charge on any atom is -0.411 e.